The Kier molecular flexibility index (Phi) is 4.04. The van der Waals surface area contributed by atoms with Gasteiger partial charge in [0.25, 0.3) is 0 Å². The van der Waals surface area contributed by atoms with Crippen LogP contribution in [0.5, 0.6) is 0 Å². The fourth-order valence-electron chi connectivity index (χ4n) is 1.34. The molecule has 102 valence electrons. The zero-order valence-electron chi connectivity index (χ0n) is 8.59. The van der Waals surface area contributed by atoms with Gasteiger partial charge in [0.1, 0.15) is 12.2 Å². The summed E-state index contributed by atoms with van der Waals surface area (Å²) < 4.78 is 66.0. The number of hydrogen-bond acceptors (Lipinski definition) is 6. The first-order valence-electron chi connectivity index (χ1n) is 4.56. The minimum absolute atomic E-state index is 0.569. The molecule has 1 aliphatic heterocycles. The fourth-order valence-corrected chi connectivity index (χ4v) is 1.96. The van der Waals surface area contributed by atoms with Gasteiger partial charge in [0.15, 0.2) is 6.29 Å². The molecule has 4 atom stereocenters. The quantitative estimate of drug-likeness (QED) is 0.533. The number of aliphatic hydroxyl groups is 2. The highest BCUT2D eigenvalue weighted by molar-refractivity contribution is 7.87. The van der Waals surface area contributed by atoms with Crippen LogP contribution in [-0.2, 0) is 19.0 Å². The Hall–Kier alpha value is -0.420. The van der Waals surface area contributed by atoms with Crippen molar-refractivity contribution < 1.29 is 40.7 Å². The molecular weight excluding hydrogens is 269 g/mol. The first kappa shape index (κ1) is 14.6. The second kappa shape index (κ2) is 4.69. The summed E-state index contributed by atoms with van der Waals surface area (Å²) >= 11 is 0. The second-order valence-corrected chi connectivity index (χ2v) is 5.12. The van der Waals surface area contributed by atoms with E-state index in [2.05, 4.69) is 8.92 Å². The zero-order valence-corrected chi connectivity index (χ0v) is 9.40. The van der Waals surface area contributed by atoms with Gasteiger partial charge in [-0.05, 0) is 6.92 Å². The molecule has 1 saturated heterocycles. The van der Waals surface area contributed by atoms with Crippen molar-refractivity contribution in [3.8, 4) is 0 Å². The molecule has 0 radical (unpaired) electrons. The third-order valence-corrected chi connectivity index (χ3v) is 3.27. The Morgan fingerprint density at radius 1 is 1.35 bits per heavy atom. The molecule has 1 heterocycles. The minimum Gasteiger partial charge on any atom is -0.388 e. The van der Waals surface area contributed by atoms with Crippen molar-refractivity contribution in [2.75, 3.05) is 0 Å². The molecular formula is C7H11F3O6S. The summed E-state index contributed by atoms with van der Waals surface area (Å²) in [5, 5.41) is 18.5. The Morgan fingerprint density at radius 2 is 1.88 bits per heavy atom. The van der Waals surface area contributed by atoms with Crippen LogP contribution in [0.4, 0.5) is 13.2 Å². The molecule has 0 saturated carbocycles. The third-order valence-electron chi connectivity index (χ3n) is 2.20. The number of alkyl halides is 3. The predicted molar refractivity (Wildman–Crippen MR) is 47.0 cm³/mol. The SMILES string of the molecule is C[C@H]1O[C@@H](O)C[C@H](OS(=O)(=O)C(F)(F)F)[C@H]1O. The molecule has 6 nitrogen and oxygen atoms in total. The lowest BCUT2D eigenvalue weighted by Gasteiger charge is -2.34. The lowest BCUT2D eigenvalue weighted by atomic mass is 10.0. The first-order chi connectivity index (χ1) is 7.54. The van der Waals surface area contributed by atoms with Gasteiger partial charge in [0, 0.05) is 6.42 Å². The van der Waals surface area contributed by atoms with Crippen LogP contribution in [0.2, 0.25) is 0 Å². The molecule has 0 aromatic heterocycles. The van der Waals surface area contributed by atoms with Crippen molar-refractivity contribution in [1.29, 1.82) is 0 Å². The smallest absolute Gasteiger partial charge is 0.388 e. The highest BCUT2D eigenvalue weighted by Crippen LogP contribution is 2.30. The fraction of sp³-hybridized carbons (Fsp3) is 1.00. The summed E-state index contributed by atoms with van der Waals surface area (Å²) in [6, 6.07) is 0. The van der Waals surface area contributed by atoms with Gasteiger partial charge < -0.3 is 14.9 Å². The van der Waals surface area contributed by atoms with Crippen molar-refractivity contribution in [2.45, 2.75) is 43.5 Å². The zero-order chi connectivity index (χ0) is 13.4. The van der Waals surface area contributed by atoms with Crippen molar-refractivity contribution in [3.63, 3.8) is 0 Å². The molecule has 0 amide bonds. The number of halogens is 3. The van der Waals surface area contributed by atoms with Crippen molar-refractivity contribution in [2.24, 2.45) is 0 Å². The summed E-state index contributed by atoms with van der Waals surface area (Å²) in [4.78, 5) is 0. The van der Waals surface area contributed by atoms with E-state index < -0.39 is 46.6 Å². The van der Waals surface area contributed by atoms with E-state index in [1.165, 1.54) is 6.92 Å². The minimum atomic E-state index is -5.80. The maximum Gasteiger partial charge on any atom is 0.523 e. The van der Waals surface area contributed by atoms with Crippen LogP contribution in [0.1, 0.15) is 13.3 Å². The molecule has 1 aliphatic rings. The Balaban J connectivity index is 2.81. The summed E-state index contributed by atoms with van der Waals surface area (Å²) in [6.45, 7) is 1.27. The second-order valence-electron chi connectivity index (χ2n) is 3.56. The molecule has 2 N–H and O–H groups in total. The lowest BCUT2D eigenvalue weighted by molar-refractivity contribution is -0.223. The van der Waals surface area contributed by atoms with Gasteiger partial charge in [-0.3, -0.25) is 4.18 Å². The van der Waals surface area contributed by atoms with Crippen molar-refractivity contribution >= 4 is 10.1 Å². The van der Waals surface area contributed by atoms with Gasteiger partial charge in [-0.15, -0.1) is 0 Å². The van der Waals surface area contributed by atoms with E-state index in [9.17, 15) is 26.7 Å². The van der Waals surface area contributed by atoms with Gasteiger partial charge in [-0.2, -0.15) is 21.6 Å². The number of ether oxygens (including phenoxy) is 1. The van der Waals surface area contributed by atoms with E-state index in [-0.39, 0.29) is 0 Å². The summed E-state index contributed by atoms with van der Waals surface area (Å²) in [6.07, 6.45) is -6.36. The lowest BCUT2D eigenvalue weighted by Crippen LogP contribution is -2.49. The van der Waals surface area contributed by atoms with Crippen molar-refractivity contribution in [1.82, 2.24) is 0 Å². The van der Waals surface area contributed by atoms with Crippen LogP contribution < -0.4 is 0 Å². The van der Waals surface area contributed by atoms with E-state index in [1.807, 2.05) is 0 Å². The molecule has 0 spiro atoms. The van der Waals surface area contributed by atoms with Gasteiger partial charge in [-0.1, -0.05) is 0 Å². The predicted octanol–water partition coefficient (Wildman–Crippen LogP) is -0.291. The van der Waals surface area contributed by atoms with E-state index in [0.717, 1.165) is 0 Å². The normalized spacial score (nSPS) is 35.9. The average molecular weight is 280 g/mol. The standard InChI is InChI=1S/C7H11F3O6S/c1-3-6(12)4(2-5(11)15-3)16-17(13,14)7(8,9)10/h3-6,11-12H,2H2,1H3/t3-,4+,5-,6+/m1/s1. The molecule has 0 unspecified atom stereocenters. The molecule has 1 fully saturated rings. The Labute approximate surface area is 95.1 Å². The van der Waals surface area contributed by atoms with Gasteiger partial charge in [0.05, 0.1) is 6.10 Å². The van der Waals surface area contributed by atoms with Crippen LogP contribution in [-0.4, -0.2) is 48.7 Å². The monoisotopic (exact) mass is 280 g/mol. The maximum absolute atomic E-state index is 12.0. The molecule has 1 rings (SSSR count). The van der Waals surface area contributed by atoms with E-state index in [4.69, 9.17) is 5.11 Å². The molecule has 10 heteroatoms. The van der Waals surface area contributed by atoms with Gasteiger partial charge in [-0.25, -0.2) is 0 Å². The van der Waals surface area contributed by atoms with E-state index in [0.29, 0.717) is 0 Å². The number of hydrogen-bond donors (Lipinski definition) is 2. The summed E-state index contributed by atoms with van der Waals surface area (Å²) in [7, 11) is -5.80. The molecule has 0 aromatic carbocycles. The van der Waals surface area contributed by atoms with Crippen LogP contribution in [0.25, 0.3) is 0 Å². The molecule has 0 bridgehead atoms. The number of aliphatic hydroxyl groups excluding tert-OH is 2. The first-order valence-corrected chi connectivity index (χ1v) is 5.96. The molecule has 17 heavy (non-hydrogen) atoms. The van der Waals surface area contributed by atoms with Crippen LogP contribution in [0.15, 0.2) is 0 Å². The van der Waals surface area contributed by atoms with Crippen LogP contribution in [0.3, 0.4) is 0 Å². The maximum atomic E-state index is 12.0. The van der Waals surface area contributed by atoms with Crippen LogP contribution in [0, 0.1) is 0 Å². The van der Waals surface area contributed by atoms with Crippen LogP contribution >= 0.6 is 0 Å². The molecule has 0 aromatic rings. The molecule has 0 aliphatic carbocycles. The summed E-state index contributed by atoms with van der Waals surface area (Å²) in [5.74, 6) is 0. The van der Waals surface area contributed by atoms with Gasteiger partial charge in [0.2, 0.25) is 0 Å². The van der Waals surface area contributed by atoms with E-state index in [1.54, 1.807) is 0 Å². The topological polar surface area (TPSA) is 93.1 Å². The number of rotatable bonds is 2. The highest BCUT2D eigenvalue weighted by atomic mass is 32.2. The van der Waals surface area contributed by atoms with Gasteiger partial charge >= 0.3 is 15.6 Å². The third kappa shape index (κ3) is 3.28. The largest absolute Gasteiger partial charge is 0.523 e. The summed E-state index contributed by atoms with van der Waals surface area (Å²) in [5.41, 5.74) is -5.57. The average Bonchev–Trinajstić information content (AvgIpc) is 2.11. The highest BCUT2D eigenvalue weighted by Gasteiger charge is 2.50. The van der Waals surface area contributed by atoms with E-state index >= 15 is 0 Å². The Morgan fingerprint density at radius 3 is 2.35 bits per heavy atom. The van der Waals surface area contributed by atoms with Crippen molar-refractivity contribution in [3.05, 3.63) is 0 Å². The Bertz CT molecular complexity index is 366.